The van der Waals surface area contributed by atoms with Crippen molar-refractivity contribution in [2.24, 2.45) is 5.92 Å². The van der Waals surface area contributed by atoms with Crippen molar-refractivity contribution in [1.29, 1.82) is 0 Å². The minimum Gasteiger partial charge on any atom is -0.454 e. The van der Waals surface area contributed by atoms with Crippen molar-refractivity contribution >= 4 is 0 Å². The standard InChI is InChI=1S/C16H21NO3/c1-11-6-13-4-5-17(9-16(13)20-11)8-12-2-3-14-15(7-12)19-10-18-14/h2-3,7,11,13,16H,4-6,8-10H2,1H3/t11-,13-,16+/m0/s1. The van der Waals surface area contributed by atoms with E-state index in [0.717, 1.165) is 30.5 Å². The third-order valence-electron chi connectivity index (χ3n) is 4.66. The Hall–Kier alpha value is -1.26. The van der Waals surface area contributed by atoms with Gasteiger partial charge in [0.2, 0.25) is 6.79 Å². The number of nitrogens with zero attached hydrogens (tertiary/aromatic N) is 1. The van der Waals surface area contributed by atoms with Crippen molar-refractivity contribution in [3.05, 3.63) is 23.8 Å². The molecular formula is C16H21NO3. The Morgan fingerprint density at radius 3 is 3.10 bits per heavy atom. The number of rotatable bonds is 2. The molecule has 4 nitrogen and oxygen atoms in total. The van der Waals surface area contributed by atoms with E-state index < -0.39 is 0 Å². The van der Waals surface area contributed by atoms with Gasteiger partial charge >= 0.3 is 0 Å². The first kappa shape index (κ1) is 12.5. The zero-order valence-electron chi connectivity index (χ0n) is 11.9. The molecule has 2 saturated heterocycles. The first-order chi connectivity index (χ1) is 9.78. The van der Waals surface area contributed by atoms with Gasteiger partial charge in [-0.2, -0.15) is 0 Å². The number of hydrogen-bond donors (Lipinski definition) is 0. The van der Waals surface area contributed by atoms with Crippen LogP contribution in [-0.4, -0.2) is 37.0 Å². The molecule has 3 aliphatic heterocycles. The van der Waals surface area contributed by atoms with E-state index >= 15 is 0 Å². The SMILES string of the molecule is C[C@H]1C[C@@H]2CCN(Cc3ccc4c(c3)OCO4)C[C@H]2O1. The molecule has 4 heteroatoms. The lowest BCUT2D eigenvalue weighted by atomic mass is 9.92. The molecular weight excluding hydrogens is 254 g/mol. The van der Waals surface area contributed by atoms with Gasteiger partial charge in [-0.15, -0.1) is 0 Å². The molecule has 20 heavy (non-hydrogen) atoms. The van der Waals surface area contributed by atoms with Crippen molar-refractivity contribution in [3.8, 4) is 11.5 Å². The summed E-state index contributed by atoms with van der Waals surface area (Å²) in [6.45, 7) is 5.74. The summed E-state index contributed by atoms with van der Waals surface area (Å²) in [5, 5.41) is 0. The van der Waals surface area contributed by atoms with Crippen LogP contribution in [0.4, 0.5) is 0 Å². The molecule has 0 saturated carbocycles. The number of piperidine rings is 1. The largest absolute Gasteiger partial charge is 0.454 e. The van der Waals surface area contributed by atoms with E-state index in [9.17, 15) is 0 Å². The van der Waals surface area contributed by atoms with E-state index in [2.05, 4.69) is 24.0 Å². The molecule has 4 rings (SSSR count). The predicted octanol–water partition coefficient (Wildman–Crippen LogP) is 2.41. The summed E-state index contributed by atoms with van der Waals surface area (Å²) in [6, 6.07) is 6.25. The molecule has 3 atom stereocenters. The topological polar surface area (TPSA) is 30.9 Å². The molecule has 0 amide bonds. The van der Waals surface area contributed by atoms with E-state index in [1.165, 1.54) is 24.9 Å². The molecule has 1 aromatic carbocycles. The Bertz CT molecular complexity index is 504. The Balaban J connectivity index is 1.42. The summed E-state index contributed by atoms with van der Waals surface area (Å²) < 4.78 is 16.8. The number of ether oxygens (including phenoxy) is 3. The summed E-state index contributed by atoms with van der Waals surface area (Å²) in [4.78, 5) is 2.50. The van der Waals surface area contributed by atoms with Crippen molar-refractivity contribution < 1.29 is 14.2 Å². The molecule has 0 aromatic heterocycles. The Labute approximate surface area is 119 Å². The summed E-state index contributed by atoms with van der Waals surface area (Å²) in [6.07, 6.45) is 3.38. The van der Waals surface area contributed by atoms with Gasteiger partial charge in [-0.1, -0.05) is 6.07 Å². The van der Waals surface area contributed by atoms with Crippen LogP contribution in [0.25, 0.3) is 0 Å². The van der Waals surface area contributed by atoms with Crippen LogP contribution in [0.3, 0.4) is 0 Å². The quantitative estimate of drug-likeness (QED) is 0.829. The molecule has 2 fully saturated rings. The van der Waals surface area contributed by atoms with Crippen LogP contribution in [0.1, 0.15) is 25.3 Å². The first-order valence-corrected chi connectivity index (χ1v) is 7.54. The summed E-state index contributed by atoms with van der Waals surface area (Å²) >= 11 is 0. The molecule has 3 aliphatic rings. The molecule has 3 heterocycles. The minimum absolute atomic E-state index is 0.345. The van der Waals surface area contributed by atoms with Crippen LogP contribution in [0.15, 0.2) is 18.2 Å². The fourth-order valence-corrected chi connectivity index (χ4v) is 3.67. The van der Waals surface area contributed by atoms with E-state index in [1.54, 1.807) is 0 Å². The Kier molecular flexibility index (Phi) is 3.08. The normalized spacial score (nSPS) is 32.4. The smallest absolute Gasteiger partial charge is 0.231 e. The summed E-state index contributed by atoms with van der Waals surface area (Å²) in [5.41, 5.74) is 1.29. The van der Waals surface area contributed by atoms with Gasteiger partial charge in [0.25, 0.3) is 0 Å². The predicted molar refractivity (Wildman–Crippen MR) is 74.9 cm³/mol. The van der Waals surface area contributed by atoms with Gasteiger partial charge < -0.3 is 14.2 Å². The third kappa shape index (κ3) is 2.27. The Morgan fingerprint density at radius 1 is 1.25 bits per heavy atom. The zero-order chi connectivity index (χ0) is 13.5. The van der Waals surface area contributed by atoms with Crippen molar-refractivity contribution in [1.82, 2.24) is 4.90 Å². The van der Waals surface area contributed by atoms with Crippen molar-refractivity contribution in [3.63, 3.8) is 0 Å². The van der Waals surface area contributed by atoms with Gasteiger partial charge in [0.05, 0.1) is 12.2 Å². The van der Waals surface area contributed by atoms with Crippen LogP contribution < -0.4 is 9.47 Å². The molecule has 0 N–H and O–H groups in total. The molecule has 1 aromatic rings. The van der Waals surface area contributed by atoms with Crippen LogP contribution in [0.5, 0.6) is 11.5 Å². The van der Waals surface area contributed by atoms with E-state index in [0.29, 0.717) is 19.0 Å². The monoisotopic (exact) mass is 275 g/mol. The highest BCUT2D eigenvalue weighted by molar-refractivity contribution is 5.44. The fourth-order valence-electron chi connectivity index (χ4n) is 3.67. The number of benzene rings is 1. The van der Waals surface area contributed by atoms with E-state index in [4.69, 9.17) is 14.2 Å². The van der Waals surface area contributed by atoms with Gasteiger partial charge in [-0.3, -0.25) is 4.90 Å². The fraction of sp³-hybridized carbons (Fsp3) is 0.625. The zero-order valence-corrected chi connectivity index (χ0v) is 11.9. The van der Waals surface area contributed by atoms with Crippen LogP contribution in [0.2, 0.25) is 0 Å². The number of fused-ring (bicyclic) bond motifs is 2. The summed E-state index contributed by atoms with van der Waals surface area (Å²) in [7, 11) is 0. The van der Waals surface area contributed by atoms with E-state index in [1.807, 2.05) is 6.07 Å². The maximum Gasteiger partial charge on any atom is 0.231 e. The van der Waals surface area contributed by atoms with Gasteiger partial charge in [0.1, 0.15) is 0 Å². The van der Waals surface area contributed by atoms with Gasteiger partial charge in [-0.25, -0.2) is 0 Å². The highest BCUT2D eigenvalue weighted by atomic mass is 16.7. The van der Waals surface area contributed by atoms with Crippen LogP contribution in [-0.2, 0) is 11.3 Å². The minimum atomic E-state index is 0.345. The lowest BCUT2D eigenvalue weighted by Crippen LogP contribution is -2.41. The second-order valence-electron chi connectivity index (χ2n) is 6.19. The van der Waals surface area contributed by atoms with Gasteiger partial charge in [0.15, 0.2) is 11.5 Å². The van der Waals surface area contributed by atoms with Gasteiger partial charge in [0, 0.05) is 13.1 Å². The first-order valence-electron chi connectivity index (χ1n) is 7.54. The average molecular weight is 275 g/mol. The van der Waals surface area contributed by atoms with Crippen LogP contribution >= 0.6 is 0 Å². The van der Waals surface area contributed by atoms with Crippen molar-refractivity contribution in [2.45, 2.75) is 38.5 Å². The maximum atomic E-state index is 6.02. The molecule has 0 bridgehead atoms. The molecule has 0 aliphatic carbocycles. The van der Waals surface area contributed by atoms with Gasteiger partial charge in [-0.05, 0) is 49.9 Å². The molecule has 108 valence electrons. The Morgan fingerprint density at radius 2 is 2.15 bits per heavy atom. The highest BCUT2D eigenvalue weighted by Crippen LogP contribution is 2.35. The molecule has 0 radical (unpaired) electrons. The number of likely N-dealkylation sites (tertiary alicyclic amines) is 1. The number of hydrogen-bond acceptors (Lipinski definition) is 4. The summed E-state index contributed by atoms with van der Waals surface area (Å²) in [5.74, 6) is 2.52. The molecule has 0 spiro atoms. The second-order valence-corrected chi connectivity index (χ2v) is 6.19. The lowest BCUT2D eigenvalue weighted by Gasteiger charge is -2.34. The third-order valence-corrected chi connectivity index (χ3v) is 4.66. The maximum absolute atomic E-state index is 6.02. The second kappa shape index (κ2) is 4.93. The van der Waals surface area contributed by atoms with Crippen LogP contribution in [0, 0.1) is 5.92 Å². The highest BCUT2D eigenvalue weighted by Gasteiger charge is 2.37. The van der Waals surface area contributed by atoms with E-state index in [-0.39, 0.29) is 0 Å². The average Bonchev–Trinajstić information content (AvgIpc) is 3.02. The lowest BCUT2D eigenvalue weighted by molar-refractivity contribution is -0.00276. The van der Waals surface area contributed by atoms with Crippen molar-refractivity contribution in [2.75, 3.05) is 19.9 Å². The molecule has 0 unspecified atom stereocenters.